The van der Waals surface area contributed by atoms with Gasteiger partial charge in [-0.25, -0.2) is 9.78 Å². The molecule has 1 amide bonds. The van der Waals surface area contributed by atoms with E-state index in [-0.39, 0.29) is 18.0 Å². The van der Waals surface area contributed by atoms with Crippen LogP contribution in [0.15, 0.2) is 47.1 Å². The number of anilines is 1. The van der Waals surface area contributed by atoms with Crippen LogP contribution in [0.25, 0.3) is 0 Å². The molecule has 102 valence electrons. The van der Waals surface area contributed by atoms with Gasteiger partial charge < -0.3 is 10.4 Å². The van der Waals surface area contributed by atoms with Gasteiger partial charge in [0.05, 0.1) is 6.42 Å². The summed E-state index contributed by atoms with van der Waals surface area (Å²) in [6.07, 6.45) is 1.56. The maximum Gasteiger partial charge on any atom is 0.354 e. The number of carboxylic acid groups (broad SMARTS) is 1. The van der Waals surface area contributed by atoms with E-state index in [0.29, 0.717) is 5.69 Å². The van der Waals surface area contributed by atoms with Crippen molar-refractivity contribution in [1.82, 2.24) is 4.98 Å². The Morgan fingerprint density at radius 3 is 2.75 bits per heavy atom. The number of carboxylic acids is 1. The number of nitrogens with one attached hydrogen (secondary N) is 1. The number of nitrogens with zero attached hydrogens (tertiary/aromatic N) is 1. The predicted octanol–water partition coefficient (Wildman–Crippen LogP) is 2.72. The van der Waals surface area contributed by atoms with Gasteiger partial charge in [-0.3, -0.25) is 4.79 Å². The molecule has 2 aromatic rings. The van der Waals surface area contributed by atoms with Gasteiger partial charge >= 0.3 is 5.97 Å². The van der Waals surface area contributed by atoms with Crippen LogP contribution in [0.4, 0.5) is 5.69 Å². The lowest BCUT2D eigenvalue weighted by Gasteiger charge is -2.06. The van der Waals surface area contributed by atoms with Crippen LogP contribution in [0.5, 0.6) is 0 Å². The quantitative estimate of drug-likeness (QED) is 0.900. The zero-order valence-electron chi connectivity index (χ0n) is 10.3. The van der Waals surface area contributed by atoms with E-state index in [9.17, 15) is 9.59 Å². The Balaban J connectivity index is 2.04. The van der Waals surface area contributed by atoms with E-state index in [4.69, 9.17) is 5.11 Å². The highest BCUT2D eigenvalue weighted by Gasteiger charge is 2.08. The fourth-order valence-electron chi connectivity index (χ4n) is 1.66. The van der Waals surface area contributed by atoms with E-state index < -0.39 is 5.97 Å². The normalized spacial score (nSPS) is 10.1. The van der Waals surface area contributed by atoms with Crippen molar-refractivity contribution in [3.05, 3.63) is 58.3 Å². The van der Waals surface area contributed by atoms with Gasteiger partial charge in [0.1, 0.15) is 5.69 Å². The molecule has 0 aliphatic rings. The third kappa shape index (κ3) is 3.89. The Kier molecular flexibility index (Phi) is 4.47. The zero-order chi connectivity index (χ0) is 14.5. The summed E-state index contributed by atoms with van der Waals surface area (Å²) in [6, 6.07) is 10.3. The largest absolute Gasteiger partial charge is 0.477 e. The Morgan fingerprint density at radius 2 is 2.05 bits per heavy atom. The number of rotatable bonds is 4. The van der Waals surface area contributed by atoms with Crippen LogP contribution >= 0.6 is 15.9 Å². The molecule has 0 aliphatic heterocycles. The molecule has 0 aliphatic carbocycles. The second-order valence-corrected chi connectivity index (χ2v) is 5.01. The lowest BCUT2D eigenvalue weighted by atomic mass is 10.1. The van der Waals surface area contributed by atoms with E-state index >= 15 is 0 Å². The molecule has 0 bridgehead atoms. The van der Waals surface area contributed by atoms with E-state index in [1.807, 2.05) is 24.3 Å². The van der Waals surface area contributed by atoms with E-state index in [2.05, 4.69) is 26.2 Å². The molecule has 0 fully saturated rings. The van der Waals surface area contributed by atoms with Crippen molar-refractivity contribution in [1.29, 1.82) is 0 Å². The minimum absolute atomic E-state index is 0.106. The first kappa shape index (κ1) is 14.2. The molecule has 0 radical (unpaired) electrons. The molecule has 0 atom stereocenters. The number of hydrogen-bond donors (Lipinski definition) is 2. The van der Waals surface area contributed by atoms with Crippen LogP contribution in [0.1, 0.15) is 16.1 Å². The number of hydrogen-bond acceptors (Lipinski definition) is 3. The van der Waals surface area contributed by atoms with E-state index in [0.717, 1.165) is 10.0 Å². The molecule has 0 saturated heterocycles. The van der Waals surface area contributed by atoms with Crippen molar-refractivity contribution < 1.29 is 14.7 Å². The van der Waals surface area contributed by atoms with Gasteiger partial charge in [-0.2, -0.15) is 0 Å². The summed E-state index contributed by atoms with van der Waals surface area (Å²) < 4.78 is 0.903. The van der Waals surface area contributed by atoms with Crippen LogP contribution in [0.2, 0.25) is 0 Å². The lowest BCUT2D eigenvalue weighted by molar-refractivity contribution is -0.115. The van der Waals surface area contributed by atoms with Crippen LogP contribution < -0.4 is 5.32 Å². The highest BCUT2D eigenvalue weighted by Crippen LogP contribution is 2.13. The SMILES string of the molecule is O=C(Cc1cccc(Br)c1)Nc1ccnc(C(=O)O)c1. The van der Waals surface area contributed by atoms with Gasteiger partial charge in [0.2, 0.25) is 5.91 Å². The van der Waals surface area contributed by atoms with Gasteiger partial charge in [0, 0.05) is 16.4 Å². The molecule has 1 aromatic carbocycles. The number of benzene rings is 1. The minimum Gasteiger partial charge on any atom is -0.477 e. The first-order valence-corrected chi connectivity index (χ1v) is 6.57. The Hall–Kier alpha value is -2.21. The van der Waals surface area contributed by atoms with Crippen molar-refractivity contribution in [2.75, 3.05) is 5.32 Å². The highest BCUT2D eigenvalue weighted by atomic mass is 79.9. The zero-order valence-corrected chi connectivity index (χ0v) is 11.9. The molecule has 6 heteroatoms. The monoisotopic (exact) mass is 334 g/mol. The summed E-state index contributed by atoms with van der Waals surface area (Å²) in [6.45, 7) is 0. The van der Waals surface area contributed by atoms with E-state index in [1.165, 1.54) is 12.3 Å². The number of halogens is 1. The number of carbonyl (C=O) groups excluding carboxylic acids is 1. The summed E-state index contributed by atoms with van der Waals surface area (Å²) in [5, 5.41) is 11.5. The number of aromatic nitrogens is 1. The molecule has 1 heterocycles. The molecular formula is C14H11BrN2O3. The van der Waals surface area contributed by atoms with Crippen LogP contribution in [0, 0.1) is 0 Å². The number of amides is 1. The maximum absolute atomic E-state index is 11.9. The lowest BCUT2D eigenvalue weighted by Crippen LogP contribution is -2.15. The standard InChI is InChI=1S/C14H11BrN2O3/c15-10-3-1-2-9(6-10)7-13(18)17-11-4-5-16-12(8-11)14(19)20/h1-6,8H,7H2,(H,19,20)(H,16,17,18). The van der Waals surface area contributed by atoms with Gasteiger partial charge in [-0.1, -0.05) is 28.1 Å². The third-order valence-electron chi connectivity index (χ3n) is 2.52. The van der Waals surface area contributed by atoms with Gasteiger partial charge in [-0.15, -0.1) is 0 Å². The molecular weight excluding hydrogens is 324 g/mol. The minimum atomic E-state index is -1.13. The van der Waals surface area contributed by atoms with E-state index in [1.54, 1.807) is 6.07 Å². The van der Waals surface area contributed by atoms with Crippen LogP contribution in [-0.2, 0) is 11.2 Å². The average Bonchev–Trinajstić information content (AvgIpc) is 2.38. The van der Waals surface area contributed by atoms with Crippen molar-refractivity contribution in [2.45, 2.75) is 6.42 Å². The maximum atomic E-state index is 11.9. The summed E-state index contributed by atoms with van der Waals surface area (Å²) in [5.74, 6) is -1.35. The van der Waals surface area contributed by atoms with Crippen molar-refractivity contribution in [3.63, 3.8) is 0 Å². The Labute approximate surface area is 123 Å². The summed E-state index contributed by atoms with van der Waals surface area (Å²) in [4.78, 5) is 26.4. The molecule has 2 rings (SSSR count). The number of pyridine rings is 1. The van der Waals surface area contributed by atoms with Gasteiger partial charge in [0.15, 0.2) is 0 Å². The molecule has 0 spiro atoms. The number of aromatic carboxylic acids is 1. The molecule has 0 unspecified atom stereocenters. The van der Waals surface area contributed by atoms with Crippen molar-refractivity contribution in [2.24, 2.45) is 0 Å². The van der Waals surface area contributed by atoms with Crippen LogP contribution in [0.3, 0.4) is 0 Å². The molecule has 20 heavy (non-hydrogen) atoms. The molecule has 0 saturated carbocycles. The first-order chi connectivity index (χ1) is 9.54. The third-order valence-corrected chi connectivity index (χ3v) is 3.01. The molecule has 5 nitrogen and oxygen atoms in total. The second-order valence-electron chi connectivity index (χ2n) is 4.09. The second kappa shape index (κ2) is 6.29. The fourth-order valence-corrected chi connectivity index (χ4v) is 2.11. The van der Waals surface area contributed by atoms with Crippen molar-refractivity contribution >= 4 is 33.5 Å². The smallest absolute Gasteiger partial charge is 0.354 e. The number of carbonyl (C=O) groups is 2. The highest BCUT2D eigenvalue weighted by molar-refractivity contribution is 9.10. The fraction of sp³-hybridized carbons (Fsp3) is 0.0714. The van der Waals surface area contributed by atoms with Crippen molar-refractivity contribution in [3.8, 4) is 0 Å². The van der Waals surface area contributed by atoms with Gasteiger partial charge in [0.25, 0.3) is 0 Å². The Morgan fingerprint density at radius 1 is 1.25 bits per heavy atom. The molecule has 2 N–H and O–H groups in total. The first-order valence-electron chi connectivity index (χ1n) is 5.78. The predicted molar refractivity (Wildman–Crippen MR) is 77.7 cm³/mol. The van der Waals surface area contributed by atoms with Crippen LogP contribution in [-0.4, -0.2) is 22.0 Å². The average molecular weight is 335 g/mol. The van der Waals surface area contributed by atoms with Gasteiger partial charge in [-0.05, 0) is 29.8 Å². The molecule has 1 aromatic heterocycles. The Bertz CT molecular complexity index is 658. The topological polar surface area (TPSA) is 79.3 Å². The summed E-state index contributed by atoms with van der Waals surface area (Å²) >= 11 is 3.34. The summed E-state index contributed by atoms with van der Waals surface area (Å²) in [7, 11) is 0. The summed E-state index contributed by atoms with van der Waals surface area (Å²) in [5.41, 5.74) is 1.17.